The number of nitrogens with zero attached hydrogens (tertiary/aromatic N) is 3. The molecule has 120 valence electrons. The first-order valence-electron chi connectivity index (χ1n) is 8.15. The maximum atomic E-state index is 4.80. The van der Waals surface area contributed by atoms with Crippen LogP contribution in [-0.2, 0) is 19.5 Å². The minimum absolute atomic E-state index is 0.827. The lowest BCUT2D eigenvalue weighted by molar-refractivity contribution is 0.242. The molecule has 0 bridgehead atoms. The second-order valence-electron chi connectivity index (χ2n) is 6.08. The van der Waals surface area contributed by atoms with Crippen molar-refractivity contribution < 1.29 is 0 Å². The van der Waals surface area contributed by atoms with Crippen LogP contribution in [0, 0.1) is 0 Å². The van der Waals surface area contributed by atoms with Gasteiger partial charge in [0, 0.05) is 47.9 Å². The van der Waals surface area contributed by atoms with Gasteiger partial charge in [0.15, 0.2) is 5.82 Å². The quantitative estimate of drug-likeness (QED) is 0.672. The Labute approximate surface area is 150 Å². The summed E-state index contributed by atoms with van der Waals surface area (Å²) in [7, 11) is 0. The summed E-state index contributed by atoms with van der Waals surface area (Å²) in [6.45, 7) is 2.88. The van der Waals surface area contributed by atoms with Crippen molar-refractivity contribution in [1.29, 1.82) is 0 Å². The van der Waals surface area contributed by atoms with Crippen LogP contribution in [0.3, 0.4) is 0 Å². The van der Waals surface area contributed by atoms with Gasteiger partial charge in [-0.15, -0.1) is 0 Å². The minimum Gasteiger partial charge on any atom is -0.294 e. The van der Waals surface area contributed by atoms with E-state index in [4.69, 9.17) is 4.98 Å². The molecular formula is C20H18BrN3. The summed E-state index contributed by atoms with van der Waals surface area (Å²) in [4.78, 5) is 11.8. The average molecular weight is 380 g/mol. The fourth-order valence-electron chi connectivity index (χ4n) is 3.10. The Morgan fingerprint density at radius 2 is 1.79 bits per heavy atom. The van der Waals surface area contributed by atoms with Gasteiger partial charge in [-0.25, -0.2) is 9.97 Å². The van der Waals surface area contributed by atoms with E-state index in [0.29, 0.717) is 0 Å². The number of benzene rings is 2. The zero-order valence-electron chi connectivity index (χ0n) is 13.3. The number of aromatic nitrogens is 2. The highest BCUT2D eigenvalue weighted by Gasteiger charge is 2.19. The van der Waals surface area contributed by atoms with Crippen LogP contribution in [0.2, 0.25) is 0 Å². The first-order chi connectivity index (χ1) is 11.8. The first-order valence-corrected chi connectivity index (χ1v) is 8.95. The molecule has 0 atom stereocenters. The Bertz CT molecular complexity index is 849. The summed E-state index contributed by atoms with van der Waals surface area (Å²) < 4.78 is 1.17. The molecule has 1 aliphatic heterocycles. The fourth-order valence-corrected chi connectivity index (χ4v) is 3.51. The minimum atomic E-state index is 0.827. The van der Waals surface area contributed by atoms with Gasteiger partial charge in [0.25, 0.3) is 0 Å². The van der Waals surface area contributed by atoms with E-state index in [1.807, 2.05) is 24.4 Å². The normalized spacial score (nSPS) is 14.4. The molecule has 4 heteroatoms. The maximum absolute atomic E-state index is 4.80. The number of fused-ring (bicyclic) bond motifs is 1. The molecule has 3 nitrogen and oxygen atoms in total. The largest absolute Gasteiger partial charge is 0.294 e. The Hall–Kier alpha value is -2.04. The van der Waals surface area contributed by atoms with Crippen molar-refractivity contribution in [2.75, 3.05) is 6.54 Å². The molecule has 0 amide bonds. The standard InChI is InChI=1S/C20H18BrN3/c21-18-9-5-4-8-16(18)13-24-11-10-19-17(14-24)12-22-20(23-19)15-6-2-1-3-7-15/h1-9,12H,10-11,13-14H2. The number of hydrogen-bond acceptors (Lipinski definition) is 3. The third kappa shape index (κ3) is 3.25. The van der Waals surface area contributed by atoms with E-state index in [9.17, 15) is 0 Å². The lowest BCUT2D eigenvalue weighted by Crippen LogP contribution is -2.31. The summed E-state index contributed by atoms with van der Waals surface area (Å²) in [6, 6.07) is 18.6. The fraction of sp³-hybridized carbons (Fsp3) is 0.200. The van der Waals surface area contributed by atoms with Gasteiger partial charge in [0.1, 0.15) is 0 Å². The van der Waals surface area contributed by atoms with Gasteiger partial charge in [0.05, 0.1) is 5.69 Å². The summed E-state index contributed by atoms with van der Waals surface area (Å²) in [5.41, 5.74) is 4.83. The van der Waals surface area contributed by atoms with E-state index in [0.717, 1.165) is 37.4 Å². The van der Waals surface area contributed by atoms with Gasteiger partial charge < -0.3 is 0 Å². The van der Waals surface area contributed by atoms with E-state index in [1.54, 1.807) is 0 Å². The topological polar surface area (TPSA) is 29.0 Å². The van der Waals surface area contributed by atoms with Crippen LogP contribution in [0.4, 0.5) is 0 Å². The van der Waals surface area contributed by atoms with Crippen LogP contribution >= 0.6 is 15.9 Å². The highest BCUT2D eigenvalue weighted by molar-refractivity contribution is 9.10. The molecule has 0 spiro atoms. The Morgan fingerprint density at radius 1 is 1.00 bits per heavy atom. The van der Waals surface area contributed by atoms with Crippen molar-refractivity contribution in [2.24, 2.45) is 0 Å². The van der Waals surface area contributed by atoms with Crippen LogP contribution in [0.25, 0.3) is 11.4 Å². The molecule has 2 heterocycles. The molecular weight excluding hydrogens is 362 g/mol. The first kappa shape index (κ1) is 15.5. The van der Waals surface area contributed by atoms with Crippen molar-refractivity contribution in [2.45, 2.75) is 19.5 Å². The number of rotatable bonds is 3. The second kappa shape index (κ2) is 6.83. The van der Waals surface area contributed by atoms with Crippen LogP contribution in [0.5, 0.6) is 0 Å². The van der Waals surface area contributed by atoms with E-state index in [1.165, 1.54) is 21.3 Å². The van der Waals surface area contributed by atoms with Crippen LogP contribution < -0.4 is 0 Å². The van der Waals surface area contributed by atoms with Crippen molar-refractivity contribution >= 4 is 15.9 Å². The number of halogens is 1. The predicted molar refractivity (Wildman–Crippen MR) is 99.4 cm³/mol. The van der Waals surface area contributed by atoms with E-state index < -0.39 is 0 Å². The predicted octanol–water partition coefficient (Wildman–Crippen LogP) is 4.46. The van der Waals surface area contributed by atoms with Crippen molar-refractivity contribution in [3.8, 4) is 11.4 Å². The zero-order valence-corrected chi connectivity index (χ0v) is 14.9. The second-order valence-corrected chi connectivity index (χ2v) is 6.94. The summed E-state index contributed by atoms with van der Waals surface area (Å²) in [6.07, 6.45) is 2.97. The Morgan fingerprint density at radius 3 is 2.62 bits per heavy atom. The molecule has 0 saturated carbocycles. The third-order valence-electron chi connectivity index (χ3n) is 4.40. The van der Waals surface area contributed by atoms with Gasteiger partial charge in [-0.2, -0.15) is 0 Å². The van der Waals surface area contributed by atoms with Crippen LogP contribution in [0.1, 0.15) is 16.8 Å². The van der Waals surface area contributed by atoms with Crippen molar-refractivity contribution in [3.05, 3.63) is 82.1 Å². The highest BCUT2D eigenvalue weighted by Crippen LogP contribution is 2.24. The van der Waals surface area contributed by atoms with Crippen molar-refractivity contribution in [1.82, 2.24) is 14.9 Å². The summed E-state index contributed by atoms with van der Waals surface area (Å²) in [5, 5.41) is 0. The molecule has 24 heavy (non-hydrogen) atoms. The van der Waals surface area contributed by atoms with E-state index in [2.05, 4.69) is 62.2 Å². The molecule has 0 N–H and O–H groups in total. The molecule has 0 unspecified atom stereocenters. The summed E-state index contributed by atoms with van der Waals surface area (Å²) in [5.74, 6) is 0.827. The van der Waals surface area contributed by atoms with E-state index >= 15 is 0 Å². The monoisotopic (exact) mass is 379 g/mol. The lowest BCUT2D eigenvalue weighted by atomic mass is 10.1. The smallest absolute Gasteiger partial charge is 0.159 e. The highest BCUT2D eigenvalue weighted by atomic mass is 79.9. The lowest BCUT2D eigenvalue weighted by Gasteiger charge is -2.28. The molecule has 1 aliphatic rings. The molecule has 0 saturated heterocycles. The van der Waals surface area contributed by atoms with Crippen molar-refractivity contribution in [3.63, 3.8) is 0 Å². The van der Waals surface area contributed by atoms with Gasteiger partial charge in [-0.05, 0) is 11.6 Å². The van der Waals surface area contributed by atoms with Crippen LogP contribution in [0.15, 0.2) is 65.3 Å². The van der Waals surface area contributed by atoms with Gasteiger partial charge in [-0.3, -0.25) is 4.90 Å². The van der Waals surface area contributed by atoms with Gasteiger partial charge >= 0.3 is 0 Å². The Balaban J connectivity index is 1.53. The molecule has 0 radical (unpaired) electrons. The molecule has 4 rings (SSSR count). The van der Waals surface area contributed by atoms with E-state index in [-0.39, 0.29) is 0 Å². The molecule has 0 aliphatic carbocycles. The summed E-state index contributed by atoms with van der Waals surface area (Å²) >= 11 is 3.64. The molecule has 3 aromatic rings. The van der Waals surface area contributed by atoms with Gasteiger partial charge in [0.2, 0.25) is 0 Å². The molecule has 2 aromatic carbocycles. The van der Waals surface area contributed by atoms with Gasteiger partial charge in [-0.1, -0.05) is 64.5 Å². The number of hydrogen-bond donors (Lipinski definition) is 0. The SMILES string of the molecule is Brc1ccccc1CN1CCc2nc(-c3ccccc3)ncc2C1. The molecule has 0 fully saturated rings. The molecule has 1 aromatic heterocycles. The zero-order chi connectivity index (χ0) is 16.4. The Kier molecular flexibility index (Phi) is 4.41. The maximum Gasteiger partial charge on any atom is 0.159 e. The average Bonchev–Trinajstić information content (AvgIpc) is 2.64. The van der Waals surface area contributed by atoms with Crippen LogP contribution in [-0.4, -0.2) is 21.4 Å². The third-order valence-corrected chi connectivity index (χ3v) is 5.17.